The molecule has 0 radical (unpaired) electrons. The van der Waals surface area contributed by atoms with Gasteiger partial charge in [0.05, 0.1) is 10.6 Å². The van der Waals surface area contributed by atoms with Crippen molar-refractivity contribution >= 4 is 62.3 Å². The Bertz CT molecular complexity index is 1580. The zero-order chi connectivity index (χ0) is 31.3. The summed E-state index contributed by atoms with van der Waals surface area (Å²) in [4.78, 5) is 29.4. The smallest absolute Gasteiger partial charge is 0.264 e. The van der Waals surface area contributed by atoms with E-state index in [-0.39, 0.29) is 29.1 Å². The Morgan fingerprint density at radius 1 is 0.930 bits per heavy atom. The number of carbonyl (C=O) groups is 2. The number of carbonyl (C=O) groups excluding carboxylic acids is 2. The summed E-state index contributed by atoms with van der Waals surface area (Å²) in [6, 6.07) is 15.4. The van der Waals surface area contributed by atoms with Crippen molar-refractivity contribution in [1.82, 2.24) is 10.2 Å². The largest absolute Gasteiger partial charge is 0.352 e. The summed E-state index contributed by atoms with van der Waals surface area (Å²) in [5, 5.41) is 4.20. The van der Waals surface area contributed by atoms with Crippen molar-refractivity contribution in [3.05, 3.63) is 92.4 Å². The lowest BCUT2D eigenvalue weighted by atomic mass is 10.1. The molecule has 4 rings (SSSR count). The van der Waals surface area contributed by atoms with Crippen molar-refractivity contribution in [2.24, 2.45) is 0 Å². The lowest BCUT2D eigenvalue weighted by Crippen LogP contribution is -2.53. The van der Waals surface area contributed by atoms with Crippen LogP contribution < -0.4 is 9.62 Å². The fourth-order valence-electron chi connectivity index (χ4n) is 5.32. The summed E-state index contributed by atoms with van der Waals surface area (Å²) in [6.45, 7) is 4.86. The van der Waals surface area contributed by atoms with Crippen LogP contribution >= 0.6 is 34.8 Å². The van der Waals surface area contributed by atoms with E-state index in [2.05, 4.69) is 5.32 Å². The fourth-order valence-corrected chi connectivity index (χ4v) is 7.43. The molecule has 7 nitrogen and oxygen atoms in total. The van der Waals surface area contributed by atoms with Crippen LogP contribution in [0.3, 0.4) is 0 Å². The van der Waals surface area contributed by atoms with Crippen LogP contribution in [0.2, 0.25) is 15.1 Å². The van der Waals surface area contributed by atoms with Crippen molar-refractivity contribution in [1.29, 1.82) is 0 Å². The average molecular weight is 665 g/mol. The molecule has 0 aromatic heterocycles. The maximum absolute atomic E-state index is 14.3. The number of amides is 2. The minimum Gasteiger partial charge on any atom is -0.352 e. The van der Waals surface area contributed by atoms with Gasteiger partial charge >= 0.3 is 0 Å². The van der Waals surface area contributed by atoms with Crippen molar-refractivity contribution in [2.45, 2.75) is 76.4 Å². The SMILES string of the molecule is CC[C@@H](C(=O)NC1CCCC1)N(Cc1ccc(Cl)cc1Cl)C(=O)CN(c1cc(Cl)ccc1C)S(=O)(=O)c1ccc(C)cc1. The van der Waals surface area contributed by atoms with Crippen LogP contribution in [-0.2, 0) is 26.2 Å². The van der Waals surface area contributed by atoms with Gasteiger partial charge in [-0.3, -0.25) is 13.9 Å². The molecule has 0 aliphatic heterocycles. The summed E-state index contributed by atoms with van der Waals surface area (Å²) in [7, 11) is -4.21. The third-order valence-corrected chi connectivity index (χ3v) is 10.4. The Balaban J connectivity index is 1.76. The van der Waals surface area contributed by atoms with Crippen LogP contribution in [0.25, 0.3) is 0 Å². The molecule has 0 unspecified atom stereocenters. The Labute approximate surface area is 269 Å². The highest BCUT2D eigenvalue weighted by molar-refractivity contribution is 7.92. The van der Waals surface area contributed by atoms with E-state index in [0.717, 1.165) is 35.6 Å². The molecule has 43 heavy (non-hydrogen) atoms. The molecule has 1 fully saturated rings. The third-order valence-electron chi connectivity index (χ3n) is 7.77. The van der Waals surface area contributed by atoms with Gasteiger partial charge in [0.25, 0.3) is 10.0 Å². The lowest BCUT2D eigenvalue weighted by molar-refractivity contribution is -0.140. The van der Waals surface area contributed by atoms with Gasteiger partial charge in [0.2, 0.25) is 11.8 Å². The quantitative estimate of drug-likeness (QED) is 0.233. The number of nitrogens with zero attached hydrogens (tertiary/aromatic N) is 2. The molecule has 11 heteroatoms. The predicted octanol–water partition coefficient (Wildman–Crippen LogP) is 7.33. The minimum absolute atomic E-state index is 0.0155. The highest BCUT2D eigenvalue weighted by Gasteiger charge is 2.35. The number of halogens is 3. The van der Waals surface area contributed by atoms with E-state index in [1.165, 1.54) is 23.1 Å². The van der Waals surface area contributed by atoms with E-state index in [4.69, 9.17) is 34.8 Å². The van der Waals surface area contributed by atoms with E-state index in [1.54, 1.807) is 49.4 Å². The molecule has 1 N–H and O–H groups in total. The van der Waals surface area contributed by atoms with Gasteiger partial charge in [0, 0.05) is 27.7 Å². The first-order valence-electron chi connectivity index (χ1n) is 14.3. The molecule has 3 aromatic carbocycles. The lowest BCUT2D eigenvalue weighted by Gasteiger charge is -2.34. The average Bonchev–Trinajstić information content (AvgIpc) is 3.47. The molecule has 1 aliphatic carbocycles. The van der Waals surface area contributed by atoms with E-state index in [1.807, 2.05) is 13.8 Å². The maximum Gasteiger partial charge on any atom is 0.264 e. The van der Waals surface area contributed by atoms with Gasteiger partial charge in [-0.15, -0.1) is 0 Å². The van der Waals surface area contributed by atoms with Gasteiger partial charge in [-0.25, -0.2) is 8.42 Å². The van der Waals surface area contributed by atoms with Crippen LogP contribution in [-0.4, -0.2) is 43.8 Å². The van der Waals surface area contributed by atoms with Gasteiger partial charge in [0.15, 0.2) is 0 Å². The Morgan fingerprint density at radius 3 is 2.19 bits per heavy atom. The van der Waals surface area contributed by atoms with Crippen LogP contribution in [0, 0.1) is 13.8 Å². The normalized spacial score (nSPS) is 14.4. The third kappa shape index (κ3) is 8.04. The maximum atomic E-state index is 14.3. The van der Waals surface area contributed by atoms with Crippen LogP contribution in [0.4, 0.5) is 5.69 Å². The first kappa shape index (κ1) is 33.1. The Hall–Kier alpha value is -2.78. The molecule has 1 saturated carbocycles. The second-order valence-corrected chi connectivity index (χ2v) is 14.1. The number of rotatable bonds is 11. The first-order chi connectivity index (χ1) is 20.4. The summed E-state index contributed by atoms with van der Waals surface area (Å²) in [5.74, 6) is -0.839. The minimum atomic E-state index is -4.21. The molecule has 1 aliphatic rings. The highest BCUT2D eigenvalue weighted by atomic mass is 35.5. The van der Waals surface area contributed by atoms with Gasteiger partial charge in [0.1, 0.15) is 12.6 Å². The number of hydrogen-bond acceptors (Lipinski definition) is 4. The van der Waals surface area contributed by atoms with Crippen molar-refractivity contribution in [2.75, 3.05) is 10.8 Å². The van der Waals surface area contributed by atoms with E-state index in [0.29, 0.717) is 32.6 Å². The van der Waals surface area contributed by atoms with Crippen LogP contribution in [0.5, 0.6) is 0 Å². The standard InChI is InChI=1S/C32H36Cl3N3O4S/c1-4-29(32(40)36-26-7-5-6-8-26)37(19-23-12-14-24(33)17-28(23)35)31(39)20-38(30-18-25(34)13-11-22(30)3)43(41,42)27-15-9-21(2)10-16-27/h9-18,26,29H,4-8,19-20H2,1-3H3,(H,36,40)/t29-/m0/s1. The fraction of sp³-hybridized carbons (Fsp3) is 0.375. The molecule has 0 heterocycles. The highest BCUT2D eigenvalue weighted by Crippen LogP contribution is 2.31. The van der Waals surface area contributed by atoms with E-state index >= 15 is 0 Å². The monoisotopic (exact) mass is 663 g/mol. The summed E-state index contributed by atoms with van der Waals surface area (Å²) in [5.41, 5.74) is 2.37. The zero-order valence-corrected chi connectivity index (χ0v) is 27.5. The number of anilines is 1. The molecular formula is C32H36Cl3N3O4S. The number of nitrogens with one attached hydrogen (secondary N) is 1. The number of hydrogen-bond donors (Lipinski definition) is 1. The molecule has 3 aromatic rings. The van der Waals surface area contributed by atoms with Gasteiger partial charge in [-0.1, -0.05) is 84.4 Å². The van der Waals surface area contributed by atoms with Crippen molar-refractivity contribution in [3.63, 3.8) is 0 Å². The van der Waals surface area contributed by atoms with Crippen LogP contribution in [0.15, 0.2) is 65.6 Å². The Morgan fingerprint density at radius 2 is 1.56 bits per heavy atom. The molecular weight excluding hydrogens is 629 g/mol. The first-order valence-corrected chi connectivity index (χ1v) is 16.9. The molecule has 0 saturated heterocycles. The van der Waals surface area contributed by atoms with Crippen molar-refractivity contribution in [3.8, 4) is 0 Å². The molecule has 2 amide bonds. The predicted molar refractivity (Wildman–Crippen MR) is 173 cm³/mol. The zero-order valence-electron chi connectivity index (χ0n) is 24.4. The van der Waals surface area contributed by atoms with Crippen molar-refractivity contribution < 1.29 is 18.0 Å². The van der Waals surface area contributed by atoms with Gasteiger partial charge in [-0.2, -0.15) is 0 Å². The van der Waals surface area contributed by atoms with Gasteiger partial charge < -0.3 is 10.2 Å². The summed E-state index contributed by atoms with van der Waals surface area (Å²) < 4.78 is 29.3. The summed E-state index contributed by atoms with van der Waals surface area (Å²) in [6.07, 6.45) is 4.16. The number of sulfonamides is 1. The topological polar surface area (TPSA) is 86.8 Å². The second-order valence-electron chi connectivity index (χ2n) is 10.9. The van der Waals surface area contributed by atoms with Crippen LogP contribution in [0.1, 0.15) is 55.7 Å². The Kier molecular flexibility index (Phi) is 11.0. The number of benzene rings is 3. The molecule has 1 atom stereocenters. The molecule has 230 valence electrons. The van der Waals surface area contributed by atoms with E-state index in [9.17, 15) is 18.0 Å². The second kappa shape index (κ2) is 14.3. The molecule has 0 spiro atoms. The summed E-state index contributed by atoms with van der Waals surface area (Å²) >= 11 is 18.9. The van der Waals surface area contributed by atoms with E-state index < -0.39 is 28.5 Å². The van der Waals surface area contributed by atoms with Gasteiger partial charge in [-0.05, 0) is 80.6 Å². The number of aryl methyl sites for hydroxylation is 2. The molecule has 0 bridgehead atoms.